The molecule has 170 valence electrons. The molecule has 3 aromatic rings. The summed E-state index contributed by atoms with van der Waals surface area (Å²) in [6.07, 6.45) is 1.84. The zero-order chi connectivity index (χ0) is 22.9. The highest BCUT2D eigenvalue weighted by atomic mass is 19.1. The molecule has 3 heterocycles. The van der Waals surface area contributed by atoms with E-state index in [1.807, 2.05) is 24.3 Å². The van der Waals surface area contributed by atoms with Gasteiger partial charge in [0.05, 0.1) is 17.1 Å². The van der Waals surface area contributed by atoms with Gasteiger partial charge in [0.2, 0.25) is 11.8 Å². The minimum Gasteiger partial charge on any atom is -0.340 e. The lowest BCUT2D eigenvalue weighted by molar-refractivity contribution is -0.137. The lowest BCUT2D eigenvalue weighted by Crippen LogP contribution is -2.50. The van der Waals surface area contributed by atoms with Gasteiger partial charge in [-0.2, -0.15) is 0 Å². The number of pyridine rings is 1. The standard InChI is InChI=1S/C25H24F2N4O2/c26-20-6-7-22(21(27)14-20)31-16-19(13-23(31)32)25(33)30-11-9-29(10-12-30)15-18-4-1-3-17-5-2-8-28-24(17)18/h1-8,14,19H,9-13,15-16H2. The Hall–Kier alpha value is -3.39. The molecule has 5 rings (SSSR count). The summed E-state index contributed by atoms with van der Waals surface area (Å²) in [5, 5.41) is 1.11. The largest absolute Gasteiger partial charge is 0.340 e. The van der Waals surface area contributed by atoms with Crippen molar-refractivity contribution in [2.75, 3.05) is 37.6 Å². The monoisotopic (exact) mass is 450 g/mol. The SMILES string of the molecule is O=C(C1CC(=O)N(c2ccc(F)cc2F)C1)N1CCN(Cc2cccc3cccnc23)CC1. The number of halogens is 2. The number of para-hydroxylation sites is 1. The molecule has 1 unspecified atom stereocenters. The van der Waals surface area contributed by atoms with Crippen molar-refractivity contribution in [1.82, 2.24) is 14.8 Å². The van der Waals surface area contributed by atoms with Crippen LogP contribution in [-0.4, -0.2) is 59.3 Å². The maximum Gasteiger partial charge on any atom is 0.228 e. The number of aromatic nitrogens is 1. The summed E-state index contributed by atoms with van der Waals surface area (Å²) < 4.78 is 27.4. The second-order valence-corrected chi connectivity index (χ2v) is 8.59. The molecule has 2 amide bonds. The third-order valence-corrected chi connectivity index (χ3v) is 6.47. The lowest BCUT2D eigenvalue weighted by atomic mass is 10.1. The van der Waals surface area contributed by atoms with Gasteiger partial charge in [-0.05, 0) is 23.8 Å². The van der Waals surface area contributed by atoms with Gasteiger partial charge in [-0.3, -0.25) is 19.5 Å². The number of hydrogen-bond acceptors (Lipinski definition) is 4. The first-order chi connectivity index (χ1) is 16.0. The Morgan fingerprint density at radius 3 is 2.61 bits per heavy atom. The number of nitrogens with zero attached hydrogens (tertiary/aromatic N) is 4. The highest BCUT2D eigenvalue weighted by molar-refractivity contribution is 6.00. The molecule has 8 heteroatoms. The van der Waals surface area contributed by atoms with Crippen molar-refractivity contribution in [2.45, 2.75) is 13.0 Å². The normalized spacial score (nSPS) is 19.5. The number of fused-ring (bicyclic) bond motifs is 1. The summed E-state index contributed by atoms with van der Waals surface area (Å²) in [4.78, 5) is 35.4. The van der Waals surface area contributed by atoms with Crippen molar-refractivity contribution in [3.8, 4) is 0 Å². The molecule has 0 saturated carbocycles. The van der Waals surface area contributed by atoms with E-state index >= 15 is 0 Å². The molecule has 0 bridgehead atoms. The van der Waals surface area contributed by atoms with Gasteiger partial charge in [0.1, 0.15) is 11.6 Å². The topological polar surface area (TPSA) is 56.8 Å². The number of carbonyl (C=O) groups is 2. The minimum atomic E-state index is -0.798. The number of rotatable bonds is 4. The summed E-state index contributed by atoms with van der Waals surface area (Å²) >= 11 is 0. The third kappa shape index (κ3) is 4.30. The Bertz CT molecular complexity index is 1200. The molecule has 0 spiro atoms. The van der Waals surface area contributed by atoms with Crippen LogP contribution in [0, 0.1) is 17.6 Å². The van der Waals surface area contributed by atoms with Crippen molar-refractivity contribution >= 4 is 28.4 Å². The molecule has 0 radical (unpaired) electrons. The van der Waals surface area contributed by atoms with Crippen LogP contribution < -0.4 is 4.90 Å². The second kappa shape index (κ2) is 8.86. The first-order valence-corrected chi connectivity index (χ1v) is 11.1. The molecule has 0 N–H and O–H groups in total. The Balaban J connectivity index is 1.20. The summed E-state index contributed by atoms with van der Waals surface area (Å²) in [5.74, 6) is -2.42. The third-order valence-electron chi connectivity index (χ3n) is 6.47. The molecule has 2 aromatic carbocycles. The molecule has 2 fully saturated rings. The van der Waals surface area contributed by atoms with Gasteiger partial charge in [-0.1, -0.05) is 24.3 Å². The number of benzene rings is 2. The Morgan fingerprint density at radius 2 is 1.82 bits per heavy atom. The van der Waals surface area contributed by atoms with Crippen LogP contribution in [0.4, 0.5) is 14.5 Å². The molecule has 1 aromatic heterocycles. The number of carbonyl (C=O) groups excluding carboxylic acids is 2. The molecule has 6 nitrogen and oxygen atoms in total. The molecular formula is C25H24F2N4O2. The predicted molar refractivity (Wildman–Crippen MR) is 120 cm³/mol. The number of amides is 2. The van der Waals surface area contributed by atoms with Crippen LogP contribution in [-0.2, 0) is 16.1 Å². The van der Waals surface area contributed by atoms with Crippen LogP contribution in [0.3, 0.4) is 0 Å². The molecular weight excluding hydrogens is 426 g/mol. The summed E-state index contributed by atoms with van der Waals surface area (Å²) in [6, 6.07) is 13.3. The Morgan fingerprint density at radius 1 is 1.03 bits per heavy atom. The quantitative estimate of drug-likeness (QED) is 0.613. The molecule has 1 atom stereocenters. The fourth-order valence-corrected chi connectivity index (χ4v) is 4.73. The van der Waals surface area contributed by atoms with Crippen LogP contribution in [0.15, 0.2) is 54.7 Å². The maximum atomic E-state index is 14.1. The first kappa shape index (κ1) is 21.5. The van der Waals surface area contributed by atoms with Crippen LogP contribution >= 0.6 is 0 Å². The predicted octanol–water partition coefficient (Wildman–Crippen LogP) is 3.21. The van der Waals surface area contributed by atoms with E-state index in [4.69, 9.17) is 0 Å². The number of hydrogen-bond donors (Lipinski definition) is 0. The fourth-order valence-electron chi connectivity index (χ4n) is 4.73. The van der Waals surface area contributed by atoms with E-state index in [2.05, 4.69) is 16.0 Å². The molecule has 2 aliphatic heterocycles. The van der Waals surface area contributed by atoms with E-state index in [0.29, 0.717) is 13.1 Å². The van der Waals surface area contributed by atoms with Crippen molar-refractivity contribution < 1.29 is 18.4 Å². The van der Waals surface area contributed by atoms with E-state index in [9.17, 15) is 18.4 Å². The van der Waals surface area contributed by atoms with E-state index in [1.165, 1.54) is 11.0 Å². The highest BCUT2D eigenvalue weighted by Crippen LogP contribution is 2.29. The van der Waals surface area contributed by atoms with Crippen LogP contribution in [0.5, 0.6) is 0 Å². The molecule has 2 aliphatic rings. The van der Waals surface area contributed by atoms with Gasteiger partial charge in [0.25, 0.3) is 0 Å². The summed E-state index contributed by atoms with van der Waals surface area (Å²) in [6.45, 7) is 3.48. The van der Waals surface area contributed by atoms with Crippen LogP contribution in [0.2, 0.25) is 0 Å². The van der Waals surface area contributed by atoms with E-state index < -0.39 is 17.6 Å². The van der Waals surface area contributed by atoms with Crippen LogP contribution in [0.25, 0.3) is 10.9 Å². The van der Waals surface area contributed by atoms with Gasteiger partial charge >= 0.3 is 0 Å². The highest BCUT2D eigenvalue weighted by Gasteiger charge is 2.38. The smallest absolute Gasteiger partial charge is 0.228 e. The Kier molecular flexibility index (Phi) is 5.76. The average molecular weight is 450 g/mol. The average Bonchev–Trinajstić information content (AvgIpc) is 3.20. The molecule has 33 heavy (non-hydrogen) atoms. The Labute approximate surface area is 190 Å². The van der Waals surface area contributed by atoms with Gasteiger partial charge in [-0.15, -0.1) is 0 Å². The molecule has 2 saturated heterocycles. The van der Waals surface area contributed by atoms with Crippen molar-refractivity contribution in [3.63, 3.8) is 0 Å². The fraction of sp³-hybridized carbons (Fsp3) is 0.320. The second-order valence-electron chi connectivity index (χ2n) is 8.59. The van der Waals surface area contributed by atoms with Crippen molar-refractivity contribution in [3.05, 3.63) is 71.9 Å². The maximum absolute atomic E-state index is 14.1. The van der Waals surface area contributed by atoms with Gasteiger partial charge in [0.15, 0.2) is 0 Å². The minimum absolute atomic E-state index is 0.0187. The first-order valence-electron chi connectivity index (χ1n) is 11.1. The van der Waals surface area contributed by atoms with Crippen molar-refractivity contribution in [1.29, 1.82) is 0 Å². The summed E-state index contributed by atoms with van der Waals surface area (Å²) in [7, 11) is 0. The zero-order valence-corrected chi connectivity index (χ0v) is 18.1. The number of anilines is 1. The van der Waals surface area contributed by atoms with Gasteiger partial charge < -0.3 is 9.80 Å². The lowest BCUT2D eigenvalue weighted by Gasteiger charge is -2.36. The summed E-state index contributed by atoms with van der Waals surface area (Å²) in [5.41, 5.74) is 2.17. The van der Waals surface area contributed by atoms with Gasteiger partial charge in [0, 0.05) is 63.3 Å². The van der Waals surface area contributed by atoms with Crippen molar-refractivity contribution in [2.24, 2.45) is 5.92 Å². The van der Waals surface area contributed by atoms with Crippen LogP contribution in [0.1, 0.15) is 12.0 Å². The zero-order valence-electron chi connectivity index (χ0n) is 18.1. The molecule has 0 aliphatic carbocycles. The van der Waals surface area contributed by atoms with Gasteiger partial charge in [-0.25, -0.2) is 8.78 Å². The van der Waals surface area contributed by atoms with E-state index in [-0.39, 0.29) is 30.5 Å². The van der Waals surface area contributed by atoms with E-state index in [0.717, 1.165) is 48.2 Å². The number of piperazine rings is 1. The van der Waals surface area contributed by atoms with E-state index in [1.54, 1.807) is 11.1 Å².